The molecule has 2 aromatic heterocycles. The number of hydrogen-bond donors (Lipinski definition) is 1. The van der Waals surface area contributed by atoms with Gasteiger partial charge in [0.2, 0.25) is 0 Å². The van der Waals surface area contributed by atoms with Gasteiger partial charge in [-0.05, 0) is 70.0 Å². The number of benzene rings is 2. The molecule has 2 amide bonds. The predicted octanol–water partition coefficient (Wildman–Crippen LogP) is 5.48. The molecule has 42 heavy (non-hydrogen) atoms. The fourth-order valence-electron chi connectivity index (χ4n) is 5.47. The van der Waals surface area contributed by atoms with Crippen LogP contribution in [-0.4, -0.2) is 82.4 Å². The molecule has 4 aromatic rings. The summed E-state index contributed by atoms with van der Waals surface area (Å²) in [7, 11) is 0. The molecule has 2 aromatic carbocycles. The average molecular weight is 598 g/mol. The zero-order valence-corrected chi connectivity index (χ0v) is 24.4. The van der Waals surface area contributed by atoms with E-state index < -0.39 is 23.8 Å². The van der Waals surface area contributed by atoms with Crippen LogP contribution in [0.15, 0.2) is 42.6 Å². The van der Waals surface area contributed by atoms with Crippen LogP contribution in [0.4, 0.5) is 13.6 Å². The highest BCUT2D eigenvalue weighted by Crippen LogP contribution is 2.32. The van der Waals surface area contributed by atoms with Gasteiger partial charge in [0.15, 0.2) is 4.96 Å². The van der Waals surface area contributed by atoms with Crippen LogP contribution in [0, 0.1) is 5.82 Å². The van der Waals surface area contributed by atoms with Gasteiger partial charge >= 0.3 is 6.09 Å². The fraction of sp³-hybridized carbons (Fsp3) is 0.433. The van der Waals surface area contributed by atoms with Crippen molar-refractivity contribution >= 4 is 38.5 Å². The third kappa shape index (κ3) is 5.83. The van der Waals surface area contributed by atoms with Crippen LogP contribution in [0.3, 0.4) is 0 Å². The van der Waals surface area contributed by atoms with Crippen molar-refractivity contribution in [2.75, 3.05) is 39.3 Å². The lowest BCUT2D eigenvalue weighted by Gasteiger charge is -2.28. The molecular weight excluding hydrogens is 564 g/mol. The second-order valence-electron chi connectivity index (χ2n) is 11.1. The molecular formula is C30H33F2N5O4S. The number of nitrogens with zero attached hydrogens (tertiary/aromatic N) is 4. The third-order valence-corrected chi connectivity index (χ3v) is 8.89. The summed E-state index contributed by atoms with van der Waals surface area (Å²) < 4.78 is 42.1. The number of imidazole rings is 1. The maximum absolute atomic E-state index is 15.1. The van der Waals surface area contributed by atoms with Crippen molar-refractivity contribution in [3.05, 3.63) is 54.0 Å². The smallest absolute Gasteiger partial charge is 0.410 e. The Morgan fingerprint density at radius 2 is 1.98 bits per heavy atom. The number of likely N-dealkylation sites (tertiary alicyclic amines) is 1. The number of carbonyl (C=O) groups excluding carboxylic acids is 2. The van der Waals surface area contributed by atoms with E-state index >= 15 is 4.39 Å². The van der Waals surface area contributed by atoms with E-state index in [0.29, 0.717) is 48.8 Å². The van der Waals surface area contributed by atoms with Gasteiger partial charge in [-0.3, -0.25) is 14.1 Å². The molecule has 0 spiro atoms. The summed E-state index contributed by atoms with van der Waals surface area (Å²) in [5.41, 5.74) is 1.38. The maximum Gasteiger partial charge on any atom is 0.417 e. The molecule has 0 saturated carbocycles. The lowest BCUT2D eigenvalue weighted by Crippen LogP contribution is -2.45. The summed E-state index contributed by atoms with van der Waals surface area (Å²) in [5, 5.41) is 2.97. The molecule has 2 saturated heterocycles. The number of hydrogen-bond acceptors (Lipinski definition) is 7. The molecule has 4 heterocycles. The number of ether oxygens (including phenoxy) is 2. The lowest BCUT2D eigenvalue weighted by atomic mass is 10.1. The zero-order chi connectivity index (χ0) is 29.4. The Morgan fingerprint density at radius 1 is 1.17 bits per heavy atom. The first-order chi connectivity index (χ1) is 20.2. The van der Waals surface area contributed by atoms with Crippen LogP contribution in [0.2, 0.25) is 0 Å². The van der Waals surface area contributed by atoms with Crippen LogP contribution in [0.5, 0.6) is 5.75 Å². The Kier molecular flexibility index (Phi) is 7.86. The summed E-state index contributed by atoms with van der Waals surface area (Å²) in [6.07, 6.45) is 2.47. The number of thiazole rings is 1. The van der Waals surface area contributed by atoms with Gasteiger partial charge < -0.3 is 19.7 Å². The Bertz CT molecular complexity index is 1630. The summed E-state index contributed by atoms with van der Waals surface area (Å²) >= 11 is 1.41. The number of amides is 2. The van der Waals surface area contributed by atoms with Crippen LogP contribution >= 0.6 is 11.3 Å². The first-order valence-electron chi connectivity index (χ1n) is 14.2. The number of piperidine rings is 1. The standard InChI is InChI=1S/C30H33F2N5O4S/c1-30(2)37(14-15-40-30)29(39)41-21-5-6-22(23(32)17-21)24-18-36-25-7-4-19(16-26(25)42-28(36)34-24)27(38)33-10-3-11-35-12-8-20(31)9-13-35/h4-7,16-18,20H,3,8-15H2,1-2H3,(H,33,38). The third-order valence-electron chi connectivity index (χ3n) is 7.87. The van der Waals surface area contributed by atoms with Gasteiger partial charge in [-0.1, -0.05) is 11.3 Å². The van der Waals surface area contributed by atoms with Gasteiger partial charge in [0.1, 0.15) is 23.5 Å². The van der Waals surface area contributed by atoms with E-state index in [1.807, 2.05) is 16.5 Å². The van der Waals surface area contributed by atoms with Crippen molar-refractivity contribution in [3.63, 3.8) is 0 Å². The first kappa shape index (κ1) is 28.5. The molecule has 6 rings (SSSR count). The first-order valence-corrected chi connectivity index (χ1v) is 15.0. The van der Waals surface area contributed by atoms with Gasteiger partial charge in [0.25, 0.3) is 5.91 Å². The average Bonchev–Trinajstić information content (AvgIpc) is 3.63. The van der Waals surface area contributed by atoms with Crippen molar-refractivity contribution in [3.8, 4) is 17.0 Å². The highest BCUT2D eigenvalue weighted by atomic mass is 32.1. The van der Waals surface area contributed by atoms with Crippen LogP contribution in [0.25, 0.3) is 26.4 Å². The lowest BCUT2D eigenvalue weighted by molar-refractivity contribution is -0.0380. The number of nitrogens with one attached hydrogen (secondary N) is 1. The number of halogens is 2. The van der Waals surface area contributed by atoms with E-state index in [-0.39, 0.29) is 17.2 Å². The van der Waals surface area contributed by atoms with Crippen molar-refractivity contribution in [2.45, 2.75) is 45.0 Å². The number of alkyl halides is 1. The number of aromatic nitrogens is 2. The number of carbonyl (C=O) groups is 2. The minimum absolute atomic E-state index is 0.0997. The summed E-state index contributed by atoms with van der Waals surface area (Å²) in [6.45, 7) is 7.31. The highest BCUT2D eigenvalue weighted by molar-refractivity contribution is 7.23. The molecule has 0 aliphatic carbocycles. The highest BCUT2D eigenvalue weighted by Gasteiger charge is 2.38. The molecule has 2 aliphatic heterocycles. The van der Waals surface area contributed by atoms with Gasteiger partial charge in [0.05, 0.1) is 29.1 Å². The quantitative estimate of drug-likeness (QED) is 0.284. The molecule has 0 radical (unpaired) electrons. The van der Waals surface area contributed by atoms with Crippen LogP contribution in [0.1, 0.15) is 43.5 Å². The maximum atomic E-state index is 15.1. The topological polar surface area (TPSA) is 88.4 Å². The van der Waals surface area contributed by atoms with Crippen molar-refractivity contribution in [2.24, 2.45) is 0 Å². The van der Waals surface area contributed by atoms with E-state index in [9.17, 15) is 14.0 Å². The van der Waals surface area contributed by atoms with E-state index in [0.717, 1.165) is 36.3 Å². The van der Waals surface area contributed by atoms with E-state index in [2.05, 4.69) is 15.2 Å². The second kappa shape index (κ2) is 11.6. The summed E-state index contributed by atoms with van der Waals surface area (Å²) in [5.74, 6) is -0.601. The monoisotopic (exact) mass is 597 g/mol. The Hall–Kier alpha value is -3.61. The minimum Gasteiger partial charge on any atom is -0.410 e. The molecule has 2 aliphatic rings. The van der Waals surface area contributed by atoms with Gasteiger partial charge in [-0.25, -0.2) is 18.6 Å². The fourth-order valence-corrected chi connectivity index (χ4v) is 6.52. The molecule has 2 fully saturated rings. The van der Waals surface area contributed by atoms with Crippen molar-refractivity contribution in [1.82, 2.24) is 24.5 Å². The van der Waals surface area contributed by atoms with E-state index in [1.165, 1.54) is 22.3 Å². The largest absolute Gasteiger partial charge is 0.417 e. The summed E-state index contributed by atoms with van der Waals surface area (Å²) in [6, 6.07) is 9.74. The van der Waals surface area contributed by atoms with Gasteiger partial charge in [-0.2, -0.15) is 0 Å². The number of fused-ring (bicyclic) bond motifs is 3. The molecule has 0 bridgehead atoms. The summed E-state index contributed by atoms with van der Waals surface area (Å²) in [4.78, 5) is 34.3. The van der Waals surface area contributed by atoms with Crippen molar-refractivity contribution in [1.29, 1.82) is 0 Å². The Morgan fingerprint density at radius 3 is 2.71 bits per heavy atom. The molecule has 0 unspecified atom stereocenters. The molecule has 9 nitrogen and oxygen atoms in total. The minimum atomic E-state index is -0.777. The number of rotatable bonds is 7. The van der Waals surface area contributed by atoms with Gasteiger partial charge in [-0.15, -0.1) is 0 Å². The van der Waals surface area contributed by atoms with E-state index in [4.69, 9.17) is 9.47 Å². The van der Waals surface area contributed by atoms with Crippen LogP contribution < -0.4 is 10.1 Å². The molecule has 0 atom stereocenters. The SMILES string of the molecule is CC1(C)OCCN1C(=O)Oc1ccc(-c2cn3c(n2)sc2cc(C(=O)NCCCN4CCC(F)CC4)ccc23)c(F)c1. The van der Waals surface area contributed by atoms with Gasteiger partial charge in [0, 0.05) is 43.0 Å². The normalized spacial score (nSPS) is 17.8. The Labute approximate surface area is 246 Å². The Balaban J connectivity index is 1.10. The molecule has 12 heteroatoms. The zero-order valence-electron chi connectivity index (χ0n) is 23.6. The van der Waals surface area contributed by atoms with Crippen molar-refractivity contribution < 1.29 is 27.8 Å². The van der Waals surface area contributed by atoms with E-state index in [1.54, 1.807) is 38.2 Å². The molecule has 222 valence electrons. The van der Waals surface area contributed by atoms with Crippen LogP contribution in [-0.2, 0) is 4.74 Å². The second-order valence-corrected chi connectivity index (χ2v) is 12.2. The predicted molar refractivity (Wildman–Crippen MR) is 156 cm³/mol. The molecule has 1 N–H and O–H groups in total.